The summed E-state index contributed by atoms with van der Waals surface area (Å²) in [6, 6.07) is 4.66. The smallest absolute Gasteiger partial charge is 0.407 e. The number of alkyl carbamates (subject to hydrolysis) is 1. The number of benzene rings is 1. The van der Waals surface area contributed by atoms with Crippen molar-refractivity contribution in [3.8, 4) is 0 Å². The number of amides is 1. The number of Topliss-reactive ketones (excluding diaryl/α,β-unsaturated/α-hetero) is 1. The first-order valence-electron chi connectivity index (χ1n) is 20.2. The van der Waals surface area contributed by atoms with Gasteiger partial charge in [-0.3, -0.25) is 9.59 Å². The van der Waals surface area contributed by atoms with E-state index in [2.05, 4.69) is 5.32 Å². The number of ketones is 1. The van der Waals surface area contributed by atoms with E-state index in [-0.39, 0.29) is 43.1 Å². The molecule has 11 atom stereocenters. The number of aliphatic hydroxyl groups excluding tert-OH is 2. The Morgan fingerprint density at radius 1 is 1.07 bits per heavy atom. The number of fused-ring (bicyclic) bond motifs is 5. The summed E-state index contributed by atoms with van der Waals surface area (Å²) in [6.07, 6.45) is -10.2. The fourth-order valence-electron chi connectivity index (χ4n) is 9.68. The summed E-state index contributed by atoms with van der Waals surface area (Å²) in [6.45, 7) is 17.7. The number of carbonyl (C=O) groups is 5. The second kappa shape index (κ2) is 16.7. The molecule has 2 saturated carbocycles. The molecule has 1 heterocycles. The molecule has 59 heavy (non-hydrogen) atoms. The maximum absolute atomic E-state index is 15.4. The fourth-order valence-corrected chi connectivity index (χ4v) is 9.81. The Morgan fingerprint density at radius 3 is 2.22 bits per heavy atom. The zero-order valence-corrected chi connectivity index (χ0v) is 36.5. The molecule has 1 aromatic rings. The predicted molar refractivity (Wildman–Crippen MR) is 212 cm³/mol. The maximum Gasteiger partial charge on any atom is 0.407 e. The van der Waals surface area contributed by atoms with E-state index in [1.165, 1.54) is 38.1 Å². The monoisotopic (exact) mass is 849 g/mol. The van der Waals surface area contributed by atoms with E-state index in [0.29, 0.717) is 10.6 Å². The van der Waals surface area contributed by atoms with E-state index >= 15 is 4.79 Å². The minimum Gasteiger partial charge on any atom is -0.456 e. The van der Waals surface area contributed by atoms with Gasteiger partial charge in [0.1, 0.15) is 35.6 Å². The third kappa shape index (κ3) is 8.39. The highest BCUT2D eigenvalue weighted by atomic mass is 35.5. The van der Waals surface area contributed by atoms with Crippen molar-refractivity contribution in [3.63, 3.8) is 0 Å². The van der Waals surface area contributed by atoms with Crippen LogP contribution in [-0.4, -0.2) is 118 Å². The molecule has 1 amide bonds. The van der Waals surface area contributed by atoms with Gasteiger partial charge in [-0.2, -0.15) is 0 Å². The molecule has 3 fully saturated rings. The Balaban J connectivity index is 1.71. The number of halogens is 1. The molecular formula is C43H60ClNO14. The SMILES string of the molecule is CCO[C@H]1C(=O)[C@@]2(C)C([C@H](OC(=O)c3ccc(Cl)cc3)[C@]3(O)C[C@H](OC(=O)[C@H](O)[C@H](CC(C)C)NC(=O)OC(C)(C)C)C(C)=C1C3(C)C)[C@]1(OC(C)=O)CO[C@@H]1C[C@@H]2O. The summed E-state index contributed by atoms with van der Waals surface area (Å²) in [5, 5.41) is 40.1. The van der Waals surface area contributed by atoms with Crippen molar-refractivity contribution in [1.82, 2.24) is 5.32 Å². The van der Waals surface area contributed by atoms with E-state index in [9.17, 15) is 34.5 Å². The summed E-state index contributed by atoms with van der Waals surface area (Å²) < 4.78 is 36.1. The third-order valence-electron chi connectivity index (χ3n) is 12.6. The molecule has 0 aromatic heterocycles. The molecule has 0 radical (unpaired) electrons. The average Bonchev–Trinajstić information content (AvgIpc) is 3.11. The minimum absolute atomic E-state index is 0.00469. The highest BCUT2D eigenvalue weighted by Gasteiger charge is 2.78. The number of aliphatic hydroxyl groups is 3. The van der Waals surface area contributed by atoms with Gasteiger partial charge in [0.15, 0.2) is 17.5 Å². The van der Waals surface area contributed by atoms with E-state index in [0.717, 1.165) is 0 Å². The van der Waals surface area contributed by atoms with Gasteiger partial charge in [-0.15, -0.1) is 0 Å². The second-order valence-corrected chi connectivity index (χ2v) is 18.9. The second-order valence-electron chi connectivity index (χ2n) is 18.5. The van der Waals surface area contributed by atoms with Crippen LogP contribution in [0.5, 0.6) is 0 Å². The van der Waals surface area contributed by atoms with Gasteiger partial charge in [0.2, 0.25) is 0 Å². The van der Waals surface area contributed by atoms with Gasteiger partial charge in [-0.25, -0.2) is 14.4 Å². The average molecular weight is 850 g/mol. The summed E-state index contributed by atoms with van der Waals surface area (Å²) in [5.74, 6) is -5.00. The van der Waals surface area contributed by atoms with Gasteiger partial charge in [-0.05, 0) is 89.3 Å². The normalized spacial score (nSPS) is 33.5. The van der Waals surface area contributed by atoms with Crippen molar-refractivity contribution in [2.45, 2.75) is 155 Å². The van der Waals surface area contributed by atoms with Crippen LogP contribution in [0.1, 0.15) is 106 Å². The van der Waals surface area contributed by atoms with Crippen LogP contribution in [-0.2, 0) is 42.8 Å². The minimum atomic E-state index is -2.28. The Morgan fingerprint density at radius 2 is 1.69 bits per heavy atom. The first kappa shape index (κ1) is 46.5. The topological polar surface area (TPSA) is 213 Å². The van der Waals surface area contributed by atoms with Crippen molar-refractivity contribution in [3.05, 3.63) is 46.0 Å². The van der Waals surface area contributed by atoms with Crippen LogP contribution in [0.2, 0.25) is 5.02 Å². The van der Waals surface area contributed by atoms with Crippen molar-refractivity contribution in [2.24, 2.45) is 22.7 Å². The van der Waals surface area contributed by atoms with Crippen LogP contribution >= 0.6 is 11.6 Å². The van der Waals surface area contributed by atoms with Gasteiger partial charge < -0.3 is 49.1 Å². The predicted octanol–water partition coefficient (Wildman–Crippen LogP) is 4.63. The summed E-state index contributed by atoms with van der Waals surface area (Å²) in [4.78, 5) is 69.5. The highest BCUT2D eigenvalue weighted by Crippen LogP contribution is 2.64. The fraction of sp³-hybridized carbons (Fsp3) is 0.698. The lowest BCUT2D eigenvalue weighted by atomic mass is 9.44. The summed E-state index contributed by atoms with van der Waals surface area (Å²) in [7, 11) is 0. The molecular weight excluding hydrogens is 790 g/mol. The number of esters is 3. The molecule has 3 aliphatic carbocycles. The number of carbonyl (C=O) groups excluding carboxylic acids is 5. The number of hydrogen-bond donors (Lipinski definition) is 4. The van der Waals surface area contributed by atoms with Gasteiger partial charge >= 0.3 is 24.0 Å². The lowest BCUT2D eigenvalue weighted by Crippen LogP contribution is -2.82. The molecule has 1 aromatic carbocycles. The summed E-state index contributed by atoms with van der Waals surface area (Å²) in [5.41, 5.74) is -7.67. The number of rotatable bonds is 11. The van der Waals surface area contributed by atoms with Gasteiger partial charge in [0.25, 0.3) is 0 Å². The molecule has 4 N–H and O–H groups in total. The zero-order valence-electron chi connectivity index (χ0n) is 35.8. The Hall–Kier alpha value is -3.60. The molecule has 15 nitrogen and oxygen atoms in total. The third-order valence-corrected chi connectivity index (χ3v) is 12.9. The Bertz CT molecular complexity index is 1840. The molecule has 1 aliphatic heterocycles. The lowest BCUT2D eigenvalue weighted by molar-refractivity contribution is -0.346. The van der Waals surface area contributed by atoms with Crippen LogP contribution in [0.4, 0.5) is 4.79 Å². The zero-order chi connectivity index (χ0) is 44.2. The van der Waals surface area contributed by atoms with Crippen LogP contribution in [0, 0.1) is 22.7 Å². The van der Waals surface area contributed by atoms with Gasteiger partial charge in [-0.1, -0.05) is 39.3 Å². The maximum atomic E-state index is 15.4. The quantitative estimate of drug-likeness (QED) is 0.136. The first-order valence-corrected chi connectivity index (χ1v) is 20.6. The van der Waals surface area contributed by atoms with E-state index < -0.39 is 112 Å². The molecule has 1 saturated heterocycles. The standard InChI is InChI=1S/C43H60ClNO14/c1-12-54-32-30-22(4)27(56-37(51)31(48)26(17-21(2)3)45-38(52)59-39(6,7)8)19-43(53,40(30,9)10)35(57-36(50)24-13-15-25(44)16-14-24)33-41(11,34(32)49)28(47)18-29-42(33,20-55-29)58-23(5)46/h13-16,21,26-29,31-33,35,47-48,53H,12,17-20H2,1-11H3,(H,45,52)/t26-,27-,28-,29+,31+,32+,33?,35-,41+,42-,43+/m0/s1. The molecule has 328 valence electrons. The molecule has 4 aliphatic rings. The van der Waals surface area contributed by atoms with Crippen molar-refractivity contribution in [1.29, 1.82) is 0 Å². The van der Waals surface area contributed by atoms with Crippen molar-refractivity contribution < 1.29 is 67.7 Å². The molecule has 5 rings (SSSR count). The van der Waals surface area contributed by atoms with Crippen molar-refractivity contribution >= 4 is 41.4 Å². The van der Waals surface area contributed by atoms with Crippen LogP contribution in [0.15, 0.2) is 35.4 Å². The van der Waals surface area contributed by atoms with Crippen LogP contribution in [0.3, 0.4) is 0 Å². The van der Waals surface area contributed by atoms with E-state index in [1.54, 1.807) is 48.5 Å². The van der Waals surface area contributed by atoms with Crippen molar-refractivity contribution in [2.75, 3.05) is 13.2 Å². The van der Waals surface area contributed by atoms with Crippen LogP contribution in [0.25, 0.3) is 0 Å². The van der Waals surface area contributed by atoms with Gasteiger partial charge in [0.05, 0.1) is 35.6 Å². The Kier molecular flexibility index (Phi) is 13.1. The summed E-state index contributed by atoms with van der Waals surface area (Å²) >= 11 is 6.13. The molecule has 0 spiro atoms. The molecule has 16 heteroatoms. The molecule has 2 bridgehead atoms. The highest BCUT2D eigenvalue weighted by molar-refractivity contribution is 6.30. The van der Waals surface area contributed by atoms with E-state index in [4.69, 9.17) is 40.0 Å². The van der Waals surface area contributed by atoms with Crippen LogP contribution < -0.4 is 5.32 Å². The number of nitrogens with one attached hydrogen (secondary N) is 1. The van der Waals surface area contributed by atoms with Gasteiger partial charge in [0, 0.05) is 36.8 Å². The largest absolute Gasteiger partial charge is 0.456 e. The number of ether oxygens (including phenoxy) is 6. The van der Waals surface area contributed by atoms with E-state index in [1.807, 2.05) is 13.8 Å². The molecule has 1 unspecified atom stereocenters. The number of hydrogen-bond acceptors (Lipinski definition) is 14. The lowest BCUT2D eigenvalue weighted by Gasteiger charge is -2.67. The Labute approximate surface area is 350 Å². The first-order chi connectivity index (χ1) is 27.2.